The van der Waals surface area contributed by atoms with E-state index in [4.69, 9.17) is 9.26 Å². The molecule has 1 aromatic rings. The molecule has 1 atom stereocenters. The van der Waals surface area contributed by atoms with Crippen molar-refractivity contribution in [2.24, 2.45) is 4.99 Å². The molecular weight excluding hydrogens is 346 g/mol. The Balaban J connectivity index is 1.78. The number of aromatic nitrogens is 1. The smallest absolute Gasteiger partial charge is 0.191 e. The molecule has 154 valence electrons. The number of hydrogen-bond donors (Lipinski definition) is 3. The molecule has 1 aliphatic heterocycles. The van der Waals surface area contributed by atoms with Gasteiger partial charge < -0.3 is 25.0 Å². The van der Waals surface area contributed by atoms with Crippen LogP contribution in [0.1, 0.15) is 37.3 Å². The first-order valence-electron chi connectivity index (χ1n) is 9.87. The van der Waals surface area contributed by atoms with E-state index in [2.05, 4.69) is 25.7 Å². The number of ether oxygens (including phenoxy) is 1. The Kier molecular flexibility index (Phi) is 8.53. The molecule has 1 fully saturated rings. The molecule has 3 N–H and O–H groups in total. The van der Waals surface area contributed by atoms with Crippen molar-refractivity contribution in [1.82, 2.24) is 20.7 Å². The molecule has 2 rings (SSSR count). The Labute approximate surface area is 162 Å². The van der Waals surface area contributed by atoms with Gasteiger partial charge in [0.1, 0.15) is 5.76 Å². The maximum Gasteiger partial charge on any atom is 0.191 e. The first kappa shape index (κ1) is 21.7. The van der Waals surface area contributed by atoms with Gasteiger partial charge in [-0.1, -0.05) is 5.16 Å². The van der Waals surface area contributed by atoms with Crippen LogP contribution in [-0.2, 0) is 11.2 Å². The van der Waals surface area contributed by atoms with Crippen LogP contribution in [0.2, 0.25) is 0 Å². The maximum absolute atomic E-state index is 10.7. The van der Waals surface area contributed by atoms with Crippen molar-refractivity contribution in [3.05, 3.63) is 17.0 Å². The van der Waals surface area contributed by atoms with Gasteiger partial charge in [-0.2, -0.15) is 0 Å². The molecule has 0 bridgehead atoms. The zero-order chi connectivity index (χ0) is 19.7. The van der Waals surface area contributed by atoms with Crippen LogP contribution >= 0.6 is 0 Å². The van der Waals surface area contributed by atoms with E-state index in [9.17, 15) is 5.11 Å². The van der Waals surface area contributed by atoms with Crippen molar-refractivity contribution >= 4 is 5.96 Å². The maximum atomic E-state index is 10.7. The quantitative estimate of drug-likeness (QED) is 0.332. The molecule has 1 unspecified atom stereocenters. The Bertz CT molecular complexity index is 575. The third kappa shape index (κ3) is 7.48. The molecule has 0 aromatic carbocycles. The molecule has 27 heavy (non-hydrogen) atoms. The molecule has 8 heteroatoms. The van der Waals surface area contributed by atoms with Crippen molar-refractivity contribution in [3.63, 3.8) is 0 Å². The van der Waals surface area contributed by atoms with E-state index in [-0.39, 0.29) is 0 Å². The number of aliphatic hydroxyl groups is 1. The summed E-state index contributed by atoms with van der Waals surface area (Å²) >= 11 is 0. The number of aliphatic imine (C=N–C) groups is 1. The van der Waals surface area contributed by atoms with E-state index in [1.54, 1.807) is 0 Å². The molecule has 0 amide bonds. The summed E-state index contributed by atoms with van der Waals surface area (Å²) in [6, 6.07) is 0. The number of hydrogen-bond acceptors (Lipinski definition) is 6. The number of nitrogens with zero attached hydrogens (tertiary/aromatic N) is 3. The van der Waals surface area contributed by atoms with E-state index in [0.717, 1.165) is 69.6 Å². The topological polar surface area (TPSA) is 95.2 Å². The largest absolute Gasteiger partial charge is 0.387 e. The van der Waals surface area contributed by atoms with Crippen LogP contribution in [0, 0.1) is 13.8 Å². The second kappa shape index (κ2) is 10.6. The van der Waals surface area contributed by atoms with Gasteiger partial charge in [-0.15, -0.1) is 0 Å². The predicted molar refractivity (Wildman–Crippen MR) is 106 cm³/mol. The first-order valence-corrected chi connectivity index (χ1v) is 9.87. The Hall–Kier alpha value is -1.64. The van der Waals surface area contributed by atoms with Gasteiger partial charge in [-0.3, -0.25) is 9.89 Å². The van der Waals surface area contributed by atoms with Crippen LogP contribution in [0.5, 0.6) is 0 Å². The molecule has 8 nitrogen and oxygen atoms in total. The van der Waals surface area contributed by atoms with E-state index in [1.807, 2.05) is 27.7 Å². The standard InChI is InChI=1S/C19H35N5O3/c1-5-20-18(21-8-6-7-17-15(2)23-27-16(17)3)22-13-19(4,25)14-24-9-11-26-12-10-24/h25H,5-14H2,1-4H3,(H2,20,21,22). The zero-order valence-electron chi connectivity index (χ0n) is 17.2. The monoisotopic (exact) mass is 381 g/mol. The number of rotatable bonds is 9. The molecule has 1 aliphatic rings. The van der Waals surface area contributed by atoms with Crippen LogP contribution in [0.25, 0.3) is 0 Å². The van der Waals surface area contributed by atoms with Crippen molar-refractivity contribution in [2.75, 3.05) is 52.5 Å². The fourth-order valence-electron chi connectivity index (χ4n) is 3.21. The minimum absolute atomic E-state index is 0.351. The lowest BCUT2D eigenvalue weighted by atomic mass is 10.1. The van der Waals surface area contributed by atoms with Gasteiger partial charge >= 0.3 is 0 Å². The average Bonchev–Trinajstić information content (AvgIpc) is 2.95. The second-order valence-corrected chi connectivity index (χ2v) is 7.41. The van der Waals surface area contributed by atoms with E-state index < -0.39 is 5.60 Å². The molecule has 0 spiro atoms. The minimum atomic E-state index is -0.865. The highest BCUT2D eigenvalue weighted by molar-refractivity contribution is 5.79. The van der Waals surface area contributed by atoms with Crippen LogP contribution in [-0.4, -0.2) is 79.2 Å². The van der Waals surface area contributed by atoms with Crippen LogP contribution < -0.4 is 10.6 Å². The van der Waals surface area contributed by atoms with Crippen LogP contribution in [0.3, 0.4) is 0 Å². The highest BCUT2D eigenvalue weighted by atomic mass is 16.5. The number of β-amino-alcohol motifs (C(OH)–C–C–N with tert-alkyl or cyclic N) is 1. The Morgan fingerprint density at radius 2 is 2.04 bits per heavy atom. The van der Waals surface area contributed by atoms with Crippen molar-refractivity contribution in [3.8, 4) is 0 Å². The summed E-state index contributed by atoms with van der Waals surface area (Å²) in [7, 11) is 0. The number of nitrogens with one attached hydrogen (secondary N) is 2. The molecule has 0 aliphatic carbocycles. The predicted octanol–water partition coefficient (Wildman–Crippen LogP) is 0.862. The molecule has 0 radical (unpaired) electrons. The normalized spacial score (nSPS) is 18.3. The molecule has 1 aromatic heterocycles. The van der Waals surface area contributed by atoms with E-state index in [1.165, 1.54) is 5.56 Å². The third-order valence-corrected chi connectivity index (χ3v) is 4.67. The molecular formula is C19H35N5O3. The summed E-state index contributed by atoms with van der Waals surface area (Å²) in [6.45, 7) is 13.5. The summed E-state index contributed by atoms with van der Waals surface area (Å²) in [5.41, 5.74) is 1.29. The Morgan fingerprint density at radius 3 is 2.67 bits per heavy atom. The molecule has 2 heterocycles. The molecule has 0 saturated carbocycles. The van der Waals surface area contributed by atoms with Gasteiger partial charge in [0.25, 0.3) is 0 Å². The number of guanidine groups is 1. The molecule has 1 saturated heterocycles. The summed E-state index contributed by atoms with van der Waals surface area (Å²) in [5.74, 6) is 1.63. The lowest BCUT2D eigenvalue weighted by Gasteiger charge is -2.33. The summed E-state index contributed by atoms with van der Waals surface area (Å²) in [6.07, 6.45) is 1.87. The summed E-state index contributed by atoms with van der Waals surface area (Å²) in [5, 5.41) is 21.3. The highest BCUT2D eigenvalue weighted by Gasteiger charge is 2.25. The number of morpholine rings is 1. The van der Waals surface area contributed by atoms with Gasteiger partial charge in [0.05, 0.1) is 31.1 Å². The number of aryl methyl sites for hydroxylation is 2. The minimum Gasteiger partial charge on any atom is -0.387 e. The lowest BCUT2D eigenvalue weighted by molar-refractivity contribution is -0.0179. The average molecular weight is 382 g/mol. The van der Waals surface area contributed by atoms with Gasteiger partial charge in [0, 0.05) is 38.3 Å². The van der Waals surface area contributed by atoms with Gasteiger partial charge in [0.2, 0.25) is 0 Å². The second-order valence-electron chi connectivity index (χ2n) is 7.41. The SMILES string of the molecule is CCNC(=NCC(C)(O)CN1CCOCC1)NCCCc1c(C)noc1C. The van der Waals surface area contributed by atoms with E-state index >= 15 is 0 Å². The van der Waals surface area contributed by atoms with Crippen LogP contribution in [0.15, 0.2) is 9.52 Å². The van der Waals surface area contributed by atoms with Crippen molar-refractivity contribution in [2.45, 2.75) is 46.1 Å². The van der Waals surface area contributed by atoms with Crippen molar-refractivity contribution < 1.29 is 14.4 Å². The highest BCUT2D eigenvalue weighted by Crippen LogP contribution is 2.14. The first-order chi connectivity index (χ1) is 12.9. The summed E-state index contributed by atoms with van der Waals surface area (Å²) in [4.78, 5) is 6.80. The lowest BCUT2D eigenvalue weighted by Crippen LogP contribution is -2.48. The van der Waals surface area contributed by atoms with Gasteiger partial charge in [-0.05, 0) is 40.5 Å². The van der Waals surface area contributed by atoms with Crippen LogP contribution in [0.4, 0.5) is 0 Å². The third-order valence-electron chi connectivity index (χ3n) is 4.67. The van der Waals surface area contributed by atoms with Gasteiger partial charge in [0.15, 0.2) is 5.96 Å². The van der Waals surface area contributed by atoms with Gasteiger partial charge in [-0.25, -0.2) is 0 Å². The zero-order valence-corrected chi connectivity index (χ0v) is 17.2. The van der Waals surface area contributed by atoms with Crippen molar-refractivity contribution in [1.29, 1.82) is 0 Å². The fraction of sp³-hybridized carbons (Fsp3) is 0.789. The van der Waals surface area contributed by atoms with E-state index in [0.29, 0.717) is 13.1 Å². The fourth-order valence-corrected chi connectivity index (χ4v) is 3.21. The Morgan fingerprint density at radius 1 is 1.30 bits per heavy atom. The summed E-state index contributed by atoms with van der Waals surface area (Å²) < 4.78 is 10.6.